The number of pyridine rings is 1. The topological polar surface area (TPSA) is 65.1 Å². The highest BCUT2D eigenvalue weighted by atomic mass is 16.2. The van der Waals surface area contributed by atoms with Crippen molar-refractivity contribution in [3.63, 3.8) is 0 Å². The maximum absolute atomic E-state index is 13.4. The lowest BCUT2D eigenvalue weighted by Gasteiger charge is -2.32. The van der Waals surface area contributed by atoms with Crippen molar-refractivity contribution in [1.29, 1.82) is 0 Å². The lowest BCUT2D eigenvalue weighted by Crippen LogP contribution is -2.39. The molecule has 0 spiro atoms. The van der Waals surface area contributed by atoms with E-state index in [2.05, 4.69) is 15.2 Å². The fourth-order valence-corrected chi connectivity index (χ4v) is 3.66. The summed E-state index contributed by atoms with van der Waals surface area (Å²) in [5, 5.41) is 7.85. The molecule has 0 radical (unpaired) electrons. The highest BCUT2D eigenvalue weighted by Gasteiger charge is 2.27. The van der Waals surface area contributed by atoms with E-state index in [0.717, 1.165) is 48.2 Å². The Kier molecular flexibility index (Phi) is 4.32. The number of likely N-dealkylation sites (tertiary alicyclic amines) is 1. The molecule has 2 aromatic heterocycles. The molecule has 4 rings (SSSR count). The lowest BCUT2D eigenvalue weighted by atomic mass is 9.92. The third-order valence-electron chi connectivity index (χ3n) is 5.09. The van der Waals surface area contributed by atoms with E-state index in [1.54, 1.807) is 0 Å². The van der Waals surface area contributed by atoms with Crippen LogP contribution in [0.25, 0.3) is 10.9 Å². The minimum atomic E-state index is 0.0832. The maximum Gasteiger partial charge on any atom is 0.254 e. The van der Waals surface area contributed by atoms with Gasteiger partial charge in [-0.15, -0.1) is 0 Å². The predicted molar refractivity (Wildman–Crippen MR) is 103 cm³/mol. The molecule has 0 aliphatic carbocycles. The SMILES string of the molecule is CN(C)c1cc(C(=O)N2CCCC(c3cn[nH]c3)C2)c2ccccc2n1. The smallest absolute Gasteiger partial charge is 0.254 e. The molecule has 6 nitrogen and oxygen atoms in total. The molecule has 1 N–H and O–H groups in total. The fraction of sp³-hybridized carbons (Fsp3) is 0.350. The third kappa shape index (κ3) is 3.03. The fourth-order valence-electron chi connectivity index (χ4n) is 3.66. The summed E-state index contributed by atoms with van der Waals surface area (Å²) in [4.78, 5) is 21.9. The van der Waals surface area contributed by atoms with E-state index in [0.29, 0.717) is 5.92 Å². The number of benzene rings is 1. The zero-order valence-electron chi connectivity index (χ0n) is 15.1. The number of anilines is 1. The number of carbonyl (C=O) groups excluding carboxylic acids is 1. The largest absolute Gasteiger partial charge is 0.363 e. The van der Waals surface area contributed by atoms with Crippen molar-refractivity contribution >= 4 is 22.6 Å². The van der Waals surface area contributed by atoms with E-state index < -0.39 is 0 Å². The van der Waals surface area contributed by atoms with Crippen LogP contribution < -0.4 is 4.90 Å². The lowest BCUT2D eigenvalue weighted by molar-refractivity contribution is 0.0709. The number of nitrogens with one attached hydrogen (secondary N) is 1. The monoisotopic (exact) mass is 349 g/mol. The molecule has 26 heavy (non-hydrogen) atoms. The summed E-state index contributed by atoms with van der Waals surface area (Å²) >= 11 is 0. The molecule has 1 atom stereocenters. The number of aromatic amines is 1. The van der Waals surface area contributed by atoms with Crippen molar-refractivity contribution in [2.45, 2.75) is 18.8 Å². The van der Waals surface area contributed by atoms with Gasteiger partial charge in [-0.2, -0.15) is 5.10 Å². The van der Waals surface area contributed by atoms with Crippen molar-refractivity contribution in [2.24, 2.45) is 0 Å². The Labute approximate surface area is 152 Å². The molecule has 1 aliphatic heterocycles. The van der Waals surface area contributed by atoms with E-state index in [-0.39, 0.29) is 5.91 Å². The average molecular weight is 349 g/mol. The Balaban J connectivity index is 1.69. The molecule has 1 saturated heterocycles. The van der Waals surface area contributed by atoms with Gasteiger partial charge in [0.2, 0.25) is 0 Å². The van der Waals surface area contributed by atoms with E-state index >= 15 is 0 Å². The second-order valence-corrected chi connectivity index (χ2v) is 7.06. The minimum absolute atomic E-state index is 0.0832. The number of fused-ring (bicyclic) bond motifs is 1. The van der Waals surface area contributed by atoms with Gasteiger partial charge in [-0.25, -0.2) is 4.98 Å². The van der Waals surface area contributed by atoms with Crippen LogP contribution in [0.2, 0.25) is 0 Å². The molecular weight excluding hydrogens is 326 g/mol. The molecule has 1 amide bonds. The minimum Gasteiger partial charge on any atom is -0.363 e. The van der Waals surface area contributed by atoms with Gasteiger partial charge in [0, 0.05) is 44.7 Å². The molecule has 3 heterocycles. The van der Waals surface area contributed by atoms with Gasteiger partial charge in [0.25, 0.3) is 5.91 Å². The molecule has 134 valence electrons. The number of H-pyrrole nitrogens is 1. The van der Waals surface area contributed by atoms with Crippen LogP contribution >= 0.6 is 0 Å². The number of hydrogen-bond donors (Lipinski definition) is 1. The Bertz CT molecular complexity index is 919. The van der Waals surface area contributed by atoms with E-state index in [9.17, 15) is 4.79 Å². The summed E-state index contributed by atoms with van der Waals surface area (Å²) in [5.41, 5.74) is 2.76. The maximum atomic E-state index is 13.4. The van der Waals surface area contributed by atoms with Crippen LogP contribution in [-0.4, -0.2) is 53.2 Å². The summed E-state index contributed by atoms with van der Waals surface area (Å²) < 4.78 is 0. The number of amides is 1. The quantitative estimate of drug-likeness (QED) is 0.789. The highest BCUT2D eigenvalue weighted by molar-refractivity contribution is 6.07. The number of para-hydroxylation sites is 1. The highest BCUT2D eigenvalue weighted by Crippen LogP contribution is 2.29. The molecule has 0 bridgehead atoms. The van der Waals surface area contributed by atoms with Gasteiger partial charge < -0.3 is 9.80 Å². The first-order chi connectivity index (χ1) is 12.6. The molecule has 1 fully saturated rings. The van der Waals surface area contributed by atoms with Gasteiger partial charge in [0.15, 0.2) is 0 Å². The van der Waals surface area contributed by atoms with Crippen LogP contribution in [0, 0.1) is 0 Å². The van der Waals surface area contributed by atoms with Crippen LogP contribution in [0.3, 0.4) is 0 Å². The van der Waals surface area contributed by atoms with Gasteiger partial charge in [-0.3, -0.25) is 9.89 Å². The van der Waals surface area contributed by atoms with Crippen LogP contribution in [-0.2, 0) is 0 Å². The molecule has 1 aromatic carbocycles. The van der Waals surface area contributed by atoms with Crippen LogP contribution in [0.15, 0.2) is 42.7 Å². The van der Waals surface area contributed by atoms with Crippen LogP contribution in [0.1, 0.15) is 34.7 Å². The van der Waals surface area contributed by atoms with Gasteiger partial charge >= 0.3 is 0 Å². The average Bonchev–Trinajstić information content (AvgIpc) is 3.21. The molecule has 6 heteroatoms. The number of piperidine rings is 1. The number of nitrogens with zero attached hydrogens (tertiary/aromatic N) is 4. The second kappa shape index (κ2) is 6.78. The number of hydrogen-bond acceptors (Lipinski definition) is 4. The van der Waals surface area contributed by atoms with Crippen LogP contribution in [0.4, 0.5) is 5.82 Å². The number of rotatable bonds is 3. The van der Waals surface area contributed by atoms with E-state index in [1.807, 2.05) is 66.6 Å². The van der Waals surface area contributed by atoms with Crippen molar-refractivity contribution in [1.82, 2.24) is 20.1 Å². The first-order valence-electron chi connectivity index (χ1n) is 8.98. The van der Waals surface area contributed by atoms with Crippen molar-refractivity contribution < 1.29 is 4.79 Å². The molecular formula is C20H23N5O. The number of aromatic nitrogens is 3. The van der Waals surface area contributed by atoms with E-state index in [1.165, 1.54) is 5.56 Å². The van der Waals surface area contributed by atoms with Gasteiger partial charge in [-0.1, -0.05) is 18.2 Å². The van der Waals surface area contributed by atoms with E-state index in [4.69, 9.17) is 0 Å². The molecule has 0 saturated carbocycles. The number of carbonyl (C=O) groups is 1. The summed E-state index contributed by atoms with van der Waals surface area (Å²) in [7, 11) is 3.89. The first-order valence-corrected chi connectivity index (χ1v) is 8.98. The van der Waals surface area contributed by atoms with Gasteiger partial charge in [0.05, 0.1) is 17.3 Å². The summed E-state index contributed by atoms with van der Waals surface area (Å²) in [6.07, 6.45) is 5.89. The van der Waals surface area contributed by atoms with Crippen LogP contribution in [0.5, 0.6) is 0 Å². The Morgan fingerprint density at radius 3 is 2.92 bits per heavy atom. The normalized spacial score (nSPS) is 17.5. The van der Waals surface area contributed by atoms with Crippen molar-refractivity contribution in [2.75, 3.05) is 32.1 Å². The molecule has 3 aromatic rings. The second-order valence-electron chi connectivity index (χ2n) is 7.06. The van der Waals surface area contributed by atoms with Crippen molar-refractivity contribution in [3.8, 4) is 0 Å². The predicted octanol–water partition coefficient (Wildman–Crippen LogP) is 3.04. The molecule has 1 unspecified atom stereocenters. The van der Waals surface area contributed by atoms with Crippen molar-refractivity contribution in [3.05, 3.63) is 53.9 Å². The third-order valence-corrected chi connectivity index (χ3v) is 5.09. The standard InChI is InChI=1S/C20H23N5O/c1-24(2)19-10-17(16-7-3-4-8-18(16)23-19)20(26)25-9-5-6-14(13-25)15-11-21-22-12-15/h3-4,7-8,10-12,14H,5-6,9,13H2,1-2H3,(H,21,22). The summed E-state index contributed by atoms with van der Waals surface area (Å²) in [5.74, 6) is 1.23. The Morgan fingerprint density at radius 1 is 1.31 bits per heavy atom. The Hall–Kier alpha value is -2.89. The molecule has 1 aliphatic rings. The Morgan fingerprint density at radius 2 is 2.15 bits per heavy atom. The van der Waals surface area contributed by atoms with Gasteiger partial charge in [0.1, 0.15) is 5.82 Å². The summed E-state index contributed by atoms with van der Waals surface area (Å²) in [6, 6.07) is 9.77. The summed E-state index contributed by atoms with van der Waals surface area (Å²) in [6.45, 7) is 1.52. The first kappa shape index (κ1) is 16.6. The zero-order valence-corrected chi connectivity index (χ0v) is 15.1. The van der Waals surface area contributed by atoms with Gasteiger partial charge in [-0.05, 0) is 30.5 Å². The zero-order chi connectivity index (χ0) is 18.1.